The minimum Gasteiger partial charge on any atom is -0.306 e. The number of benzene rings is 2. The largest absolute Gasteiger partial charge is 0.416 e. The molecule has 3 heterocycles. The van der Waals surface area contributed by atoms with E-state index >= 15 is 4.39 Å². The van der Waals surface area contributed by atoms with Crippen LogP contribution in [-0.2, 0) is 17.5 Å². The Morgan fingerprint density at radius 2 is 1.87 bits per heavy atom. The number of imide groups is 1. The third-order valence-electron chi connectivity index (χ3n) is 6.86. The number of carbonyl (C=O) groups is 2. The third-order valence-corrected chi connectivity index (χ3v) is 8.00. The molecule has 38 heavy (non-hydrogen) atoms. The number of aromatic nitrogens is 2. The van der Waals surface area contributed by atoms with Gasteiger partial charge in [0, 0.05) is 23.5 Å². The molecule has 0 bridgehead atoms. The Hall–Kier alpha value is -2.89. The van der Waals surface area contributed by atoms with Gasteiger partial charge in [0.25, 0.3) is 11.1 Å². The lowest BCUT2D eigenvalue weighted by molar-refractivity contribution is -0.138. The zero-order valence-electron chi connectivity index (χ0n) is 20.3. The molecule has 0 aliphatic carbocycles. The van der Waals surface area contributed by atoms with Gasteiger partial charge >= 0.3 is 6.18 Å². The molecule has 2 aliphatic heterocycles. The van der Waals surface area contributed by atoms with E-state index in [-0.39, 0.29) is 41.4 Å². The van der Waals surface area contributed by atoms with E-state index in [0.29, 0.717) is 29.6 Å². The summed E-state index contributed by atoms with van der Waals surface area (Å²) in [6, 6.07) is 8.74. The summed E-state index contributed by atoms with van der Waals surface area (Å²) in [6.45, 7) is 0.741. The summed E-state index contributed by atoms with van der Waals surface area (Å²) in [5.41, 5.74) is -1.19. The van der Waals surface area contributed by atoms with Crippen LogP contribution in [0.15, 0.2) is 47.5 Å². The summed E-state index contributed by atoms with van der Waals surface area (Å²) in [5, 5.41) is 4.38. The molecule has 0 spiro atoms. The normalized spacial score (nSPS) is 19.7. The molecule has 0 radical (unpaired) electrons. The van der Waals surface area contributed by atoms with Gasteiger partial charge in [-0.2, -0.15) is 18.3 Å². The van der Waals surface area contributed by atoms with Crippen LogP contribution >= 0.6 is 23.4 Å². The number of hydrogen-bond acceptors (Lipinski definition) is 5. The van der Waals surface area contributed by atoms with Crippen molar-refractivity contribution in [1.29, 1.82) is 0 Å². The zero-order chi connectivity index (χ0) is 27.2. The monoisotopic (exact) mass is 566 g/mol. The van der Waals surface area contributed by atoms with Gasteiger partial charge in [0.2, 0.25) is 0 Å². The van der Waals surface area contributed by atoms with E-state index in [2.05, 4.69) is 5.10 Å². The van der Waals surface area contributed by atoms with Crippen molar-refractivity contribution in [3.05, 3.63) is 69.2 Å². The molecule has 1 aromatic heterocycles. The minimum absolute atomic E-state index is 0.00603. The first-order valence-corrected chi connectivity index (χ1v) is 13.1. The first-order chi connectivity index (χ1) is 17.9. The molecule has 0 unspecified atom stereocenters. The van der Waals surface area contributed by atoms with Crippen LogP contribution in [-0.4, -0.2) is 63.1 Å². The van der Waals surface area contributed by atoms with Crippen molar-refractivity contribution in [2.24, 2.45) is 0 Å². The number of alkyl halides is 4. The van der Waals surface area contributed by atoms with Gasteiger partial charge in [-0.3, -0.25) is 19.2 Å². The van der Waals surface area contributed by atoms with Gasteiger partial charge in [-0.15, -0.1) is 0 Å². The summed E-state index contributed by atoms with van der Waals surface area (Å²) in [5.74, 6) is -0.533. The molecular weight excluding hydrogens is 544 g/mol. The number of fused-ring (bicyclic) bond motifs is 1. The van der Waals surface area contributed by atoms with E-state index in [1.54, 1.807) is 24.3 Å². The fourth-order valence-electron chi connectivity index (χ4n) is 4.68. The van der Waals surface area contributed by atoms with Crippen molar-refractivity contribution in [3.8, 4) is 0 Å². The molecule has 0 atom stereocenters. The predicted octanol–water partition coefficient (Wildman–Crippen LogP) is 6.23. The van der Waals surface area contributed by atoms with Gasteiger partial charge < -0.3 is 4.90 Å². The molecule has 12 heteroatoms. The molecule has 2 fully saturated rings. The van der Waals surface area contributed by atoms with Crippen LogP contribution < -0.4 is 0 Å². The zero-order valence-corrected chi connectivity index (χ0v) is 21.8. The van der Waals surface area contributed by atoms with Crippen molar-refractivity contribution < 1.29 is 27.2 Å². The lowest BCUT2D eigenvalue weighted by Gasteiger charge is -2.36. The molecule has 6 nitrogen and oxygen atoms in total. The SMILES string of the molecule is CN1CCC(F)(CN2C(=O)SC(=Cc3ccc4c(cnn4Cc4ccc(Cl)cc4C(F)(F)F)c3)C2=O)CC1. The standard InChI is InChI=1S/C26H23ClF4N4O2S/c1-33-8-6-25(28,7-9-33)15-34-23(36)22(38-24(34)37)11-16-2-5-21-18(10-16)13-32-35(21)14-17-3-4-19(27)12-20(17)26(29,30)31/h2-5,10-13H,6-9,14-15H2,1H3. The number of piperidine rings is 1. The van der Waals surface area contributed by atoms with Crippen LogP contribution in [0.1, 0.15) is 29.5 Å². The maximum Gasteiger partial charge on any atom is 0.416 e. The molecule has 200 valence electrons. The first kappa shape index (κ1) is 26.7. The smallest absolute Gasteiger partial charge is 0.306 e. The number of carbonyl (C=O) groups excluding carboxylic acids is 2. The van der Waals surface area contributed by atoms with E-state index < -0.39 is 28.6 Å². The Morgan fingerprint density at radius 1 is 1.13 bits per heavy atom. The highest BCUT2D eigenvalue weighted by atomic mass is 35.5. The lowest BCUT2D eigenvalue weighted by atomic mass is 9.93. The highest BCUT2D eigenvalue weighted by molar-refractivity contribution is 8.18. The van der Waals surface area contributed by atoms with E-state index in [4.69, 9.17) is 11.6 Å². The Labute approximate surface area is 225 Å². The van der Waals surface area contributed by atoms with Crippen LogP contribution in [0.3, 0.4) is 0 Å². The highest BCUT2D eigenvalue weighted by Crippen LogP contribution is 2.37. The van der Waals surface area contributed by atoms with Crippen molar-refractivity contribution >= 4 is 51.5 Å². The number of amides is 2. The number of likely N-dealkylation sites (tertiary alicyclic amines) is 1. The van der Waals surface area contributed by atoms with Gasteiger partial charge in [0.05, 0.1) is 35.3 Å². The molecule has 0 saturated carbocycles. The molecule has 3 aromatic rings. The molecule has 0 N–H and O–H groups in total. The van der Waals surface area contributed by atoms with E-state index in [0.717, 1.165) is 22.7 Å². The second kappa shape index (κ2) is 10.0. The van der Waals surface area contributed by atoms with Gasteiger partial charge in [-0.05, 0) is 73.1 Å². The van der Waals surface area contributed by atoms with Crippen LogP contribution in [0.25, 0.3) is 17.0 Å². The fourth-order valence-corrected chi connectivity index (χ4v) is 5.69. The van der Waals surface area contributed by atoms with E-state index in [1.807, 2.05) is 11.9 Å². The molecule has 2 saturated heterocycles. The molecule has 2 aliphatic rings. The Balaban J connectivity index is 1.35. The van der Waals surface area contributed by atoms with Gasteiger partial charge in [-0.25, -0.2) is 4.39 Å². The average molecular weight is 567 g/mol. The fraction of sp³-hybridized carbons (Fsp3) is 0.346. The van der Waals surface area contributed by atoms with Crippen LogP contribution in [0, 0.1) is 0 Å². The van der Waals surface area contributed by atoms with Crippen molar-refractivity contribution in [2.45, 2.75) is 31.2 Å². The molecule has 2 aromatic carbocycles. The highest BCUT2D eigenvalue weighted by Gasteiger charge is 2.43. The van der Waals surface area contributed by atoms with Crippen molar-refractivity contribution in [1.82, 2.24) is 19.6 Å². The number of thioether (sulfide) groups is 1. The second-order valence-corrected chi connectivity index (χ2v) is 11.1. The Kier molecular flexibility index (Phi) is 7.04. The maximum atomic E-state index is 15.3. The van der Waals surface area contributed by atoms with Crippen molar-refractivity contribution in [3.63, 3.8) is 0 Å². The number of halogens is 5. The number of hydrogen-bond donors (Lipinski definition) is 0. The lowest BCUT2D eigenvalue weighted by Crippen LogP contribution is -2.48. The Morgan fingerprint density at radius 3 is 2.58 bits per heavy atom. The molecule has 2 amide bonds. The second-order valence-electron chi connectivity index (χ2n) is 9.64. The Bertz CT molecular complexity index is 1450. The van der Waals surface area contributed by atoms with E-state index in [1.165, 1.54) is 23.0 Å². The van der Waals surface area contributed by atoms with Gasteiger partial charge in [0.15, 0.2) is 0 Å². The van der Waals surface area contributed by atoms with Crippen LogP contribution in [0.4, 0.5) is 22.4 Å². The van der Waals surface area contributed by atoms with Crippen molar-refractivity contribution in [2.75, 3.05) is 26.7 Å². The van der Waals surface area contributed by atoms with Crippen LogP contribution in [0.5, 0.6) is 0 Å². The summed E-state index contributed by atoms with van der Waals surface area (Å²) < 4.78 is 57.2. The third kappa shape index (κ3) is 5.45. The van der Waals surface area contributed by atoms with Crippen LogP contribution in [0.2, 0.25) is 5.02 Å². The summed E-state index contributed by atoms with van der Waals surface area (Å²) in [6.07, 6.45) is -0.970. The quantitative estimate of drug-likeness (QED) is 0.271. The minimum atomic E-state index is -4.56. The maximum absolute atomic E-state index is 15.3. The first-order valence-electron chi connectivity index (χ1n) is 11.9. The van der Waals surface area contributed by atoms with Gasteiger partial charge in [0.1, 0.15) is 5.67 Å². The number of nitrogens with zero attached hydrogens (tertiary/aromatic N) is 4. The summed E-state index contributed by atoms with van der Waals surface area (Å²) in [4.78, 5) is 28.6. The summed E-state index contributed by atoms with van der Waals surface area (Å²) in [7, 11) is 1.90. The molecule has 5 rings (SSSR count). The summed E-state index contributed by atoms with van der Waals surface area (Å²) >= 11 is 6.54. The average Bonchev–Trinajstić information content (AvgIpc) is 3.37. The predicted molar refractivity (Wildman–Crippen MR) is 139 cm³/mol. The number of rotatable bonds is 5. The topological polar surface area (TPSA) is 58.4 Å². The van der Waals surface area contributed by atoms with E-state index in [9.17, 15) is 22.8 Å². The van der Waals surface area contributed by atoms with Gasteiger partial charge in [-0.1, -0.05) is 23.7 Å². The molecular formula is C26H23ClF4N4O2S.